The molecule has 0 radical (unpaired) electrons. The van der Waals surface area contributed by atoms with Crippen molar-refractivity contribution in [3.63, 3.8) is 0 Å². The summed E-state index contributed by atoms with van der Waals surface area (Å²) in [6.07, 6.45) is 4.09. The number of halogens is 2. The first-order valence-corrected chi connectivity index (χ1v) is 8.94. The lowest BCUT2D eigenvalue weighted by Gasteiger charge is -2.44. The van der Waals surface area contributed by atoms with Crippen LogP contribution in [0.1, 0.15) is 30.4 Å². The van der Waals surface area contributed by atoms with E-state index in [1.165, 1.54) is 43.5 Å². The van der Waals surface area contributed by atoms with Crippen molar-refractivity contribution in [2.24, 2.45) is 0 Å². The molecule has 3 aliphatic heterocycles. The summed E-state index contributed by atoms with van der Waals surface area (Å²) >= 11 is 0. The average Bonchev–Trinajstić information content (AvgIpc) is 2.90. The van der Waals surface area contributed by atoms with E-state index in [0.717, 1.165) is 25.2 Å². The van der Waals surface area contributed by atoms with Crippen molar-refractivity contribution in [3.8, 4) is 0 Å². The fourth-order valence-corrected chi connectivity index (χ4v) is 4.23. The molecule has 4 heteroatoms. The van der Waals surface area contributed by atoms with Crippen LogP contribution in [-0.2, 0) is 13.1 Å². The van der Waals surface area contributed by atoms with E-state index in [0.29, 0.717) is 0 Å². The van der Waals surface area contributed by atoms with E-state index in [1.54, 1.807) is 0 Å². The highest BCUT2D eigenvalue weighted by Gasteiger charge is 2.36. The lowest BCUT2D eigenvalue weighted by molar-refractivity contribution is 0.0328. The lowest BCUT2D eigenvalue weighted by Crippen LogP contribution is -2.55. The van der Waals surface area contributed by atoms with Gasteiger partial charge in [-0.3, -0.25) is 9.80 Å². The number of rotatable bonds is 4. The van der Waals surface area contributed by atoms with Crippen LogP contribution in [0.15, 0.2) is 60.7 Å². The van der Waals surface area contributed by atoms with Crippen molar-refractivity contribution in [2.45, 2.75) is 44.4 Å². The number of hydrogen-bond donors (Lipinski definition) is 0. The number of hydrogen-bond acceptors (Lipinski definition) is 2. The van der Waals surface area contributed by atoms with E-state index in [4.69, 9.17) is 0 Å². The van der Waals surface area contributed by atoms with Crippen LogP contribution in [0.4, 0.5) is 0 Å². The number of fused-ring (bicyclic) bond motifs is 4. The minimum atomic E-state index is 0. The fraction of sp³-hybridized carbons (Fsp3) is 0.429. The Kier molecular flexibility index (Phi) is 7.77. The van der Waals surface area contributed by atoms with E-state index in [-0.39, 0.29) is 24.8 Å². The zero-order valence-corrected chi connectivity index (χ0v) is 16.2. The van der Waals surface area contributed by atoms with Gasteiger partial charge in [-0.15, -0.1) is 24.8 Å². The molecule has 0 saturated carbocycles. The third-order valence-electron chi connectivity index (χ3n) is 5.45. The van der Waals surface area contributed by atoms with Gasteiger partial charge in [0.2, 0.25) is 0 Å². The molecule has 3 saturated heterocycles. The average molecular weight is 379 g/mol. The molecule has 2 bridgehead atoms. The normalized spacial score (nSPS) is 23.4. The number of nitrogens with zero attached hydrogens (tertiary/aromatic N) is 2. The van der Waals surface area contributed by atoms with E-state index in [2.05, 4.69) is 70.5 Å². The molecule has 2 atom stereocenters. The molecule has 2 unspecified atom stereocenters. The minimum absolute atomic E-state index is 0. The molecular weight excluding hydrogens is 351 g/mol. The highest BCUT2D eigenvalue weighted by atomic mass is 35.5. The predicted molar refractivity (Wildman–Crippen MR) is 110 cm³/mol. The molecule has 3 heterocycles. The third kappa shape index (κ3) is 4.98. The molecule has 0 spiro atoms. The van der Waals surface area contributed by atoms with Crippen LogP contribution in [0.25, 0.3) is 0 Å². The molecule has 5 rings (SSSR count). The summed E-state index contributed by atoms with van der Waals surface area (Å²) in [5, 5.41) is 0. The van der Waals surface area contributed by atoms with Gasteiger partial charge in [0.25, 0.3) is 0 Å². The zero-order chi connectivity index (χ0) is 15.5. The van der Waals surface area contributed by atoms with Gasteiger partial charge in [-0.2, -0.15) is 0 Å². The summed E-state index contributed by atoms with van der Waals surface area (Å²) in [6, 6.07) is 23.4. The summed E-state index contributed by atoms with van der Waals surface area (Å²) in [5.74, 6) is 0. The first-order valence-electron chi connectivity index (χ1n) is 8.94. The largest absolute Gasteiger partial charge is 0.293 e. The Morgan fingerprint density at radius 1 is 0.640 bits per heavy atom. The van der Waals surface area contributed by atoms with Gasteiger partial charge in [0, 0.05) is 38.3 Å². The Hall–Kier alpha value is -1.06. The molecule has 2 aromatic rings. The second-order valence-electron chi connectivity index (χ2n) is 7.07. The summed E-state index contributed by atoms with van der Waals surface area (Å²) in [4.78, 5) is 5.46. The molecule has 3 aliphatic rings. The molecule has 0 aromatic heterocycles. The summed E-state index contributed by atoms with van der Waals surface area (Å²) in [6.45, 7) is 4.68. The summed E-state index contributed by atoms with van der Waals surface area (Å²) in [5.41, 5.74) is 2.91. The molecule has 3 fully saturated rings. The van der Waals surface area contributed by atoms with Crippen LogP contribution >= 0.6 is 24.8 Å². The van der Waals surface area contributed by atoms with Crippen LogP contribution in [0, 0.1) is 0 Å². The molecule has 0 amide bonds. The highest BCUT2D eigenvalue weighted by molar-refractivity contribution is 5.85. The summed E-state index contributed by atoms with van der Waals surface area (Å²) in [7, 11) is 0. The minimum Gasteiger partial charge on any atom is -0.293 e. The summed E-state index contributed by atoms with van der Waals surface area (Å²) < 4.78 is 0. The van der Waals surface area contributed by atoms with Gasteiger partial charge >= 0.3 is 0 Å². The van der Waals surface area contributed by atoms with Gasteiger partial charge in [0.15, 0.2) is 0 Å². The molecule has 2 aromatic carbocycles. The van der Waals surface area contributed by atoms with E-state index in [1.807, 2.05) is 0 Å². The maximum absolute atomic E-state index is 2.73. The molecular formula is C21H28Cl2N2. The quantitative estimate of drug-likeness (QED) is 0.755. The van der Waals surface area contributed by atoms with Crippen molar-refractivity contribution < 1.29 is 0 Å². The molecule has 0 N–H and O–H groups in total. The van der Waals surface area contributed by atoms with Gasteiger partial charge in [-0.05, 0) is 24.0 Å². The van der Waals surface area contributed by atoms with Crippen molar-refractivity contribution in [2.75, 3.05) is 13.1 Å². The Labute approximate surface area is 164 Å². The van der Waals surface area contributed by atoms with E-state index >= 15 is 0 Å². The van der Waals surface area contributed by atoms with Gasteiger partial charge in [-0.25, -0.2) is 0 Å². The maximum Gasteiger partial charge on any atom is 0.0237 e. The first kappa shape index (κ1) is 20.3. The predicted octanol–water partition coefficient (Wildman–Crippen LogP) is 4.77. The van der Waals surface area contributed by atoms with Crippen LogP contribution < -0.4 is 0 Å². The number of piperazine rings is 1. The van der Waals surface area contributed by atoms with Crippen LogP contribution in [0.2, 0.25) is 0 Å². The zero-order valence-electron chi connectivity index (χ0n) is 14.6. The Bertz CT molecular complexity index is 565. The monoisotopic (exact) mass is 378 g/mol. The lowest BCUT2D eigenvalue weighted by atomic mass is 10.1. The van der Waals surface area contributed by atoms with Gasteiger partial charge in [0.1, 0.15) is 0 Å². The first-order chi connectivity index (χ1) is 11.4. The standard InChI is InChI=1S/C21H26N2.2ClH/c1-3-8-18(9-4-1)14-22-16-21-13-7-12-20(22)17-23(21)15-19-10-5-2-6-11-19;;/h1-6,8-11,20-21H,7,12-17H2;2*1H. The third-order valence-corrected chi connectivity index (χ3v) is 5.45. The van der Waals surface area contributed by atoms with Gasteiger partial charge < -0.3 is 0 Å². The van der Waals surface area contributed by atoms with Crippen molar-refractivity contribution in [3.05, 3.63) is 71.8 Å². The second-order valence-corrected chi connectivity index (χ2v) is 7.07. The topological polar surface area (TPSA) is 6.48 Å². The van der Waals surface area contributed by atoms with Crippen LogP contribution in [-0.4, -0.2) is 35.0 Å². The van der Waals surface area contributed by atoms with Gasteiger partial charge in [-0.1, -0.05) is 67.1 Å². The molecule has 25 heavy (non-hydrogen) atoms. The van der Waals surface area contributed by atoms with Gasteiger partial charge in [0.05, 0.1) is 0 Å². The number of benzene rings is 2. The molecule has 0 aliphatic carbocycles. The molecule has 136 valence electrons. The van der Waals surface area contributed by atoms with Crippen molar-refractivity contribution in [1.29, 1.82) is 0 Å². The van der Waals surface area contributed by atoms with Crippen LogP contribution in [0.5, 0.6) is 0 Å². The molecule has 2 nitrogen and oxygen atoms in total. The van der Waals surface area contributed by atoms with E-state index < -0.39 is 0 Å². The Balaban J connectivity index is 0.00000113. The van der Waals surface area contributed by atoms with Crippen LogP contribution in [0.3, 0.4) is 0 Å². The van der Waals surface area contributed by atoms with Crippen molar-refractivity contribution >= 4 is 24.8 Å². The SMILES string of the molecule is Cl.Cl.c1ccc(CN2CC3CCCC2CN3Cc2ccccc2)cc1. The smallest absolute Gasteiger partial charge is 0.0237 e. The fourth-order valence-electron chi connectivity index (χ4n) is 4.23. The van der Waals surface area contributed by atoms with Crippen molar-refractivity contribution in [1.82, 2.24) is 9.80 Å². The highest BCUT2D eigenvalue weighted by Crippen LogP contribution is 2.29. The maximum atomic E-state index is 2.73. The second kappa shape index (κ2) is 9.59. The Morgan fingerprint density at radius 2 is 1.04 bits per heavy atom. The Morgan fingerprint density at radius 3 is 1.44 bits per heavy atom. The van der Waals surface area contributed by atoms with E-state index in [9.17, 15) is 0 Å².